The van der Waals surface area contributed by atoms with Crippen LogP contribution in [0, 0.1) is 11.3 Å². The molecular formula is C13H9BN2O2. The number of fused-ring (bicyclic) bond motifs is 1. The molecule has 3 rings (SSSR count). The number of hydrogen-bond donors (Lipinski definition) is 0. The molecule has 4 nitrogen and oxygen atoms in total. The Labute approximate surface area is 105 Å². The lowest BCUT2D eigenvalue weighted by atomic mass is 9.87. The fraction of sp³-hybridized carbons (Fsp3) is 0.0769. The topological polar surface area (TPSA) is 55.1 Å². The van der Waals surface area contributed by atoms with Gasteiger partial charge in [0.1, 0.15) is 17.5 Å². The first kappa shape index (κ1) is 10.8. The van der Waals surface area contributed by atoms with Gasteiger partial charge in [-0.1, -0.05) is 12.1 Å². The van der Waals surface area contributed by atoms with E-state index in [1.54, 1.807) is 18.2 Å². The maximum absolute atomic E-state index is 8.77. The van der Waals surface area contributed by atoms with Crippen molar-refractivity contribution in [3.63, 3.8) is 0 Å². The van der Waals surface area contributed by atoms with Crippen molar-refractivity contribution in [3.05, 3.63) is 47.7 Å². The van der Waals surface area contributed by atoms with Crippen LogP contribution in [-0.2, 0) is 11.3 Å². The number of nitrogens with zero attached hydrogens (tertiary/aromatic N) is 2. The Hall–Kier alpha value is -2.32. The summed E-state index contributed by atoms with van der Waals surface area (Å²) in [5.74, 6) is 1.13. The molecule has 0 saturated carbocycles. The average Bonchev–Trinajstić information content (AvgIpc) is 2.86. The molecule has 0 unspecified atom stereocenters. The van der Waals surface area contributed by atoms with E-state index >= 15 is 0 Å². The zero-order valence-electron chi connectivity index (χ0n) is 9.59. The van der Waals surface area contributed by atoms with Crippen molar-refractivity contribution in [2.75, 3.05) is 0 Å². The van der Waals surface area contributed by atoms with Gasteiger partial charge in [-0.15, -0.1) is 0 Å². The highest BCUT2D eigenvalue weighted by Crippen LogP contribution is 2.21. The first-order chi connectivity index (χ1) is 8.85. The zero-order chi connectivity index (χ0) is 12.4. The zero-order valence-corrected chi connectivity index (χ0v) is 9.59. The van der Waals surface area contributed by atoms with Crippen molar-refractivity contribution in [2.24, 2.45) is 0 Å². The highest BCUT2D eigenvalue weighted by molar-refractivity contribution is 6.48. The Morgan fingerprint density at radius 3 is 3.17 bits per heavy atom. The SMILES string of the molecule is N#Cc1cccc(Oc2ccc3c(c2)COB3)n1. The van der Waals surface area contributed by atoms with Crippen LogP contribution in [0.25, 0.3) is 0 Å². The Balaban J connectivity index is 1.86. The molecule has 0 atom stereocenters. The lowest BCUT2D eigenvalue weighted by Crippen LogP contribution is -2.10. The quantitative estimate of drug-likeness (QED) is 0.736. The van der Waals surface area contributed by atoms with Gasteiger partial charge in [0.2, 0.25) is 5.88 Å². The van der Waals surface area contributed by atoms with Crippen LogP contribution < -0.4 is 10.2 Å². The first-order valence-corrected chi connectivity index (χ1v) is 5.60. The van der Waals surface area contributed by atoms with Gasteiger partial charge in [-0.3, -0.25) is 0 Å². The van der Waals surface area contributed by atoms with Crippen molar-refractivity contribution >= 4 is 12.9 Å². The Morgan fingerprint density at radius 2 is 2.28 bits per heavy atom. The second-order valence-corrected chi connectivity index (χ2v) is 4.00. The lowest BCUT2D eigenvalue weighted by Gasteiger charge is -2.06. The van der Waals surface area contributed by atoms with E-state index in [0.717, 1.165) is 5.56 Å². The van der Waals surface area contributed by atoms with Crippen molar-refractivity contribution < 1.29 is 9.39 Å². The molecule has 2 aromatic rings. The summed E-state index contributed by atoms with van der Waals surface area (Å²) in [6, 6.07) is 12.9. The van der Waals surface area contributed by atoms with E-state index in [9.17, 15) is 0 Å². The molecule has 0 amide bonds. The molecule has 1 aliphatic rings. The number of ether oxygens (including phenoxy) is 1. The monoisotopic (exact) mass is 236 g/mol. The Kier molecular flexibility index (Phi) is 2.71. The van der Waals surface area contributed by atoms with Gasteiger partial charge >= 0.3 is 7.48 Å². The molecule has 0 fully saturated rings. The Morgan fingerprint density at radius 1 is 1.33 bits per heavy atom. The molecular weight excluding hydrogens is 227 g/mol. The molecule has 5 heteroatoms. The second kappa shape index (κ2) is 4.51. The van der Waals surface area contributed by atoms with Gasteiger partial charge in [-0.05, 0) is 29.2 Å². The van der Waals surface area contributed by atoms with Crippen LogP contribution in [0.15, 0.2) is 36.4 Å². The van der Waals surface area contributed by atoms with Gasteiger partial charge in [0.25, 0.3) is 0 Å². The predicted octanol–water partition coefficient (Wildman–Crippen LogP) is 1.25. The third-order valence-corrected chi connectivity index (χ3v) is 2.75. The summed E-state index contributed by atoms with van der Waals surface area (Å²) in [6.07, 6.45) is 0. The molecule has 18 heavy (non-hydrogen) atoms. The van der Waals surface area contributed by atoms with E-state index in [0.29, 0.717) is 31.4 Å². The highest BCUT2D eigenvalue weighted by Gasteiger charge is 2.13. The first-order valence-electron chi connectivity index (χ1n) is 5.60. The summed E-state index contributed by atoms with van der Waals surface area (Å²) < 4.78 is 11.0. The van der Waals surface area contributed by atoms with Crippen LogP contribution in [0.2, 0.25) is 0 Å². The van der Waals surface area contributed by atoms with Crippen LogP contribution >= 0.6 is 0 Å². The summed E-state index contributed by atoms with van der Waals surface area (Å²) in [7, 11) is 0.664. The van der Waals surface area contributed by atoms with E-state index in [1.807, 2.05) is 24.3 Å². The van der Waals surface area contributed by atoms with Gasteiger partial charge in [0.05, 0.1) is 6.61 Å². The van der Waals surface area contributed by atoms with E-state index in [1.165, 1.54) is 5.46 Å². The summed E-state index contributed by atoms with van der Waals surface area (Å²) >= 11 is 0. The number of hydrogen-bond acceptors (Lipinski definition) is 4. The summed E-state index contributed by atoms with van der Waals surface area (Å²) in [5, 5.41) is 8.77. The highest BCUT2D eigenvalue weighted by atomic mass is 16.5. The molecule has 0 saturated heterocycles. The second-order valence-electron chi connectivity index (χ2n) is 4.00. The van der Waals surface area contributed by atoms with Crippen LogP contribution in [-0.4, -0.2) is 12.5 Å². The van der Waals surface area contributed by atoms with Crippen LogP contribution in [0.3, 0.4) is 0 Å². The van der Waals surface area contributed by atoms with Gasteiger partial charge in [0.15, 0.2) is 0 Å². The minimum absolute atomic E-state index is 0.344. The smallest absolute Gasteiger partial charge is 0.309 e. The van der Waals surface area contributed by atoms with Gasteiger partial charge in [-0.25, -0.2) is 4.98 Å². The van der Waals surface area contributed by atoms with Gasteiger partial charge < -0.3 is 9.39 Å². The number of pyridine rings is 1. The maximum Gasteiger partial charge on any atom is 0.309 e. The fourth-order valence-electron chi connectivity index (χ4n) is 1.87. The molecule has 0 N–H and O–H groups in total. The molecule has 1 aliphatic heterocycles. The number of rotatable bonds is 2. The van der Waals surface area contributed by atoms with Crippen LogP contribution in [0.1, 0.15) is 11.3 Å². The minimum Gasteiger partial charge on any atom is -0.439 e. The van der Waals surface area contributed by atoms with E-state index in [2.05, 4.69) is 4.98 Å². The standard InChI is InChI=1S/C13H9BN2O2/c15-7-10-2-1-3-13(16-10)18-11-4-5-12-9(6-11)8-17-14-12/h1-6,14H,8H2. The minimum atomic E-state index is 0.344. The van der Waals surface area contributed by atoms with Crippen LogP contribution in [0.5, 0.6) is 11.6 Å². The van der Waals surface area contributed by atoms with E-state index < -0.39 is 0 Å². The number of nitriles is 1. The maximum atomic E-state index is 8.77. The lowest BCUT2D eigenvalue weighted by molar-refractivity contribution is 0.344. The average molecular weight is 236 g/mol. The molecule has 0 aliphatic carbocycles. The van der Waals surface area contributed by atoms with Crippen molar-refractivity contribution in [1.82, 2.24) is 4.98 Å². The van der Waals surface area contributed by atoms with Gasteiger partial charge in [-0.2, -0.15) is 5.26 Å². The molecule has 1 aromatic carbocycles. The van der Waals surface area contributed by atoms with Crippen molar-refractivity contribution in [1.29, 1.82) is 5.26 Å². The van der Waals surface area contributed by atoms with E-state index in [-0.39, 0.29) is 0 Å². The third-order valence-electron chi connectivity index (χ3n) is 2.75. The molecule has 86 valence electrons. The fourth-order valence-corrected chi connectivity index (χ4v) is 1.87. The number of benzene rings is 1. The third kappa shape index (κ3) is 2.06. The molecule has 0 bridgehead atoms. The molecule has 0 spiro atoms. The largest absolute Gasteiger partial charge is 0.439 e. The summed E-state index contributed by atoms with van der Waals surface area (Å²) in [4.78, 5) is 4.07. The predicted molar refractivity (Wildman–Crippen MR) is 67.0 cm³/mol. The van der Waals surface area contributed by atoms with Crippen LogP contribution in [0.4, 0.5) is 0 Å². The van der Waals surface area contributed by atoms with E-state index in [4.69, 9.17) is 14.7 Å². The van der Waals surface area contributed by atoms with Crippen molar-refractivity contribution in [3.8, 4) is 17.7 Å². The molecule has 1 aromatic heterocycles. The molecule has 2 heterocycles. The number of aromatic nitrogens is 1. The van der Waals surface area contributed by atoms with Crippen molar-refractivity contribution in [2.45, 2.75) is 6.61 Å². The normalized spacial score (nSPS) is 12.4. The molecule has 0 radical (unpaired) electrons. The summed E-state index contributed by atoms with van der Waals surface area (Å²) in [6.45, 7) is 0.623. The van der Waals surface area contributed by atoms with Gasteiger partial charge in [0, 0.05) is 6.07 Å². The summed E-state index contributed by atoms with van der Waals surface area (Å²) in [5.41, 5.74) is 2.68. The Bertz CT molecular complexity index is 637.